The Bertz CT molecular complexity index is 1040. The van der Waals surface area contributed by atoms with E-state index in [2.05, 4.69) is 10.4 Å². The van der Waals surface area contributed by atoms with Crippen molar-refractivity contribution in [3.63, 3.8) is 0 Å². The number of carbonyl (C=O) groups is 2. The lowest BCUT2D eigenvalue weighted by Crippen LogP contribution is -2.34. The maximum absolute atomic E-state index is 12.4. The standard InChI is InChI=1S/C23H19NO5/c25-15-11-9-14(10-12-15)21(22(26)27)24-23(28)29-13-20-18-7-3-1-5-16(18)17-6-2-4-8-19(17)20/h1-12,20-21,25H,13H2,(H,24,28)(H,26,27)/i/hD. The number of hydrogen-bond donors (Lipinski definition) is 3. The molecule has 1 unspecified atom stereocenters. The molecule has 0 bridgehead atoms. The number of nitrogens with one attached hydrogen (secondary N) is 1. The van der Waals surface area contributed by atoms with Crippen molar-refractivity contribution in [3.8, 4) is 16.9 Å². The summed E-state index contributed by atoms with van der Waals surface area (Å²) in [4.78, 5) is 24.0. The summed E-state index contributed by atoms with van der Waals surface area (Å²) in [5.74, 6) is -1.06. The first kappa shape index (κ1) is 17.3. The zero-order valence-corrected chi connectivity index (χ0v) is 15.4. The summed E-state index contributed by atoms with van der Waals surface area (Å²) in [7, 11) is 0. The van der Waals surface area contributed by atoms with Crippen LogP contribution in [-0.4, -0.2) is 30.3 Å². The van der Waals surface area contributed by atoms with Gasteiger partial charge in [-0.25, -0.2) is 9.59 Å². The number of alkyl carbamates (subject to hydrolysis) is 1. The van der Waals surface area contributed by atoms with Crippen LogP contribution >= 0.6 is 0 Å². The van der Waals surface area contributed by atoms with E-state index < -0.39 is 18.1 Å². The van der Waals surface area contributed by atoms with Crippen molar-refractivity contribution in [2.24, 2.45) is 0 Å². The zero-order valence-electron chi connectivity index (χ0n) is 16.4. The van der Waals surface area contributed by atoms with Crippen LogP contribution in [0.15, 0.2) is 72.8 Å². The van der Waals surface area contributed by atoms with E-state index in [0.717, 1.165) is 22.3 Å². The lowest BCUT2D eigenvalue weighted by molar-refractivity contribution is -0.139. The van der Waals surface area contributed by atoms with Gasteiger partial charge < -0.3 is 20.3 Å². The SMILES string of the molecule is [2H]Oc1ccc(C(NC(=O)OCC2c3ccccc3-c3ccccc32)C(=O)O)cc1. The maximum atomic E-state index is 12.4. The van der Waals surface area contributed by atoms with Gasteiger partial charge in [-0.05, 0) is 39.9 Å². The Hall–Kier alpha value is -3.80. The van der Waals surface area contributed by atoms with Crippen LogP contribution in [0.1, 0.15) is 28.7 Å². The molecule has 0 heterocycles. The molecular formula is C23H19NO5. The Morgan fingerprint density at radius 3 is 2.10 bits per heavy atom. The number of phenols is 1. The van der Waals surface area contributed by atoms with E-state index in [-0.39, 0.29) is 18.3 Å². The molecule has 0 aliphatic heterocycles. The van der Waals surface area contributed by atoms with Gasteiger partial charge in [-0.2, -0.15) is 0 Å². The lowest BCUT2D eigenvalue weighted by atomic mass is 9.98. The fraction of sp³-hybridized carbons (Fsp3) is 0.130. The topological polar surface area (TPSA) is 95.9 Å². The fourth-order valence-electron chi connectivity index (χ4n) is 3.71. The second-order valence-electron chi connectivity index (χ2n) is 6.81. The molecule has 3 N–H and O–H groups in total. The number of phenolic OH excluding ortho intramolecular Hbond substituents is 1. The normalized spacial score (nSPS) is 13.6. The van der Waals surface area contributed by atoms with Crippen LogP contribution in [0.4, 0.5) is 4.79 Å². The summed E-state index contributed by atoms with van der Waals surface area (Å²) >= 11 is 0. The van der Waals surface area contributed by atoms with E-state index in [0.29, 0.717) is 5.56 Å². The van der Waals surface area contributed by atoms with Crippen LogP contribution < -0.4 is 5.32 Å². The van der Waals surface area contributed by atoms with E-state index in [1.807, 2.05) is 48.5 Å². The molecule has 6 heteroatoms. The molecule has 0 radical (unpaired) electrons. The van der Waals surface area contributed by atoms with Gasteiger partial charge in [0.25, 0.3) is 1.43 Å². The Kier molecular flexibility index (Phi) is 4.58. The first-order valence-corrected chi connectivity index (χ1v) is 9.16. The van der Waals surface area contributed by atoms with E-state index >= 15 is 0 Å². The van der Waals surface area contributed by atoms with E-state index in [1.54, 1.807) is 0 Å². The van der Waals surface area contributed by atoms with Crippen molar-refractivity contribution in [1.82, 2.24) is 5.32 Å². The molecule has 0 saturated heterocycles. The average Bonchev–Trinajstić information content (AvgIpc) is 3.10. The zero-order chi connectivity index (χ0) is 21.1. The summed E-state index contributed by atoms with van der Waals surface area (Å²) in [6.07, 6.45) is -0.815. The predicted molar refractivity (Wildman–Crippen MR) is 107 cm³/mol. The fourth-order valence-corrected chi connectivity index (χ4v) is 3.71. The monoisotopic (exact) mass is 390 g/mol. The molecule has 1 amide bonds. The number of rotatable bonds is 6. The van der Waals surface area contributed by atoms with Crippen molar-refractivity contribution >= 4 is 12.1 Å². The highest BCUT2D eigenvalue weighted by Gasteiger charge is 2.30. The molecule has 1 aliphatic rings. The summed E-state index contributed by atoms with van der Waals surface area (Å²) < 4.78 is 12.3. The van der Waals surface area contributed by atoms with Crippen molar-refractivity contribution in [2.75, 3.05) is 6.61 Å². The summed E-state index contributed by atoms with van der Waals surface area (Å²) in [6, 6.07) is 20.5. The summed E-state index contributed by atoms with van der Waals surface area (Å²) in [5.41, 5.74) is 4.72. The molecule has 0 aromatic heterocycles. The van der Waals surface area contributed by atoms with Crippen molar-refractivity contribution < 1.29 is 24.5 Å². The number of carboxylic acid groups (broad SMARTS) is 1. The number of ether oxygens (including phenoxy) is 1. The van der Waals surface area contributed by atoms with Crippen LogP contribution in [0.25, 0.3) is 11.1 Å². The van der Waals surface area contributed by atoms with E-state index in [1.165, 1.54) is 24.3 Å². The Morgan fingerprint density at radius 2 is 1.55 bits per heavy atom. The van der Waals surface area contributed by atoms with Gasteiger partial charge in [-0.3, -0.25) is 0 Å². The first-order chi connectivity index (χ1) is 14.6. The number of amides is 1. The van der Waals surface area contributed by atoms with Gasteiger partial charge in [-0.1, -0.05) is 60.7 Å². The quantitative estimate of drug-likeness (QED) is 0.590. The minimum absolute atomic E-state index is 0.0951. The smallest absolute Gasteiger partial charge is 0.408 e. The molecule has 29 heavy (non-hydrogen) atoms. The number of aliphatic carboxylic acids is 1. The number of carboxylic acids is 1. The van der Waals surface area contributed by atoms with Gasteiger partial charge in [0.05, 0.1) is 0 Å². The molecule has 4 rings (SSSR count). The second-order valence-corrected chi connectivity index (χ2v) is 6.81. The molecule has 1 aliphatic carbocycles. The molecule has 3 aromatic rings. The molecule has 3 aromatic carbocycles. The highest BCUT2D eigenvalue weighted by molar-refractivity contribution is 5.82. The first-order valence-electron chi connectivity index (χ1n) is 9.56. The second kappa shape index (κ2) is 7.67. The highest BCUT2D eigenvalue weighted by atomic mass is 16.5. The number of benzene rings is 3. The number of hydrogen-bond acceptors (Lipinski definition) is 4. The summed E-state index contributed by atoms with van der Waals surface area (Å²) in [6.45, 7) is 0.0951. The van der Waals surface area contributed by atoms with Gasteiger partial charge in [0.15, 0.2) is 6.04 Å². The predicted octanol–water partition coefficient (Wildman–Crippen LogP) is 4.06. The molecule has 1 atom stereocenters. The highest BCUT2D eigenvalue weighted by Crippen LogP contribution is 2.44. The van der Waals surface area contributed by atoms with E-state index in [9.17, 15) is 14.7 Å². The van der Waals surface area contributed by atoms with Crippen LogP contribution in [0.3, 0.4) is 0 Å². The van der Waals surface area contributed by atoms with Gasteiger partial charge in [0, 0.05) is 5.92 Å². The molecular weight excluding hydrogens is 370 g/mol. The van der Waals surface area contributed by atoms with Crippen LogP contribution in [-0.2, 0) is 9.53 Å². The minimum atomic E-state index is -1.28. The molecule has 0 saturated carbocycles. The third-order valence-corrected chi connectivity index (χ3v) is 5.07. The number of carbonyl (C=O) groups excluding carboxylic acids is 1. The molecule has 0 fully saturated rings. The number of aromatic hydroxyl groups is 1. The van der Waals surface area contributed by atoms with Gasteiger partial charge >= 0.3 is 12.1 Å². The molecule has 146 valence electrons. The number of fused-ring (bicyclic) bond motifs is 3. The Labute approximate surface area is 168 Å². The van der Waals surface area contributed by atoms with Gasteiger partial charge in [-0.15, -0.1) is 0 Å². The van der Waals surface area contributed by atoms with Crippen molar-refractivity contribution in [1.29, 1.82) is 1.43 Å². The van der Waals surface area contributed by atoms with Gasteiger partial charge in [0.1, 0.15) is 12.4 Å². The van der Waals surface area contributed by atoms with Gasteiger partial charge in [0.2, 0.25) is 0 Å². The van der Waals surface area contributed by atoms with Crippen molar-refractivity contribution in [2.45, 2.75) is 12.0 Å². The Morgan fingerprint density at radius 1 is 0.966 bits per heavy atom. The van der Waals surface area contributed by atoms with Crippen LogP contribution in [0, 0.1) is 0 Å². The summed E-state index contributed by atoms with van der Waals surface area (Å²) in [5, 5.41) is 16.2. The minimum Gasteiger partial charge on any atom is -0.508 e. The Balaban J connectivity index is 1.47. The average molecular weight is 390 g/mol. The molecule has 6 nitrogen and oxygen atoms in total. The van der Waals surface area contributed by atoms with E-state index in [4.69, 9.17) is 6.17 Å². The third-order valence-electron chi connectivity index (χ3n) is 5.07. The van der Waals surface area contributed by atoms with Crippen molar-refractivity contribution in [3.05, 3.63) is 89.5 Å². The molecule has 0 spiro atoms. The van der Waals surface area contributed by atoms with Crippen LogP contribution in [0.2, 0.25) is 0 Å². The third kappa shape index (κ3) is 3.65. The lowest BCUT2D eigenvalue weighted by Gasteiger charge is -2.17. The largest absolute Gasteiger partial charge is 0.508 e. The maximum Gasteiger partial charge on any atom is 0.408 e. The van der Waals surface area contributed by atoms with Crippen LogP contribution in [0.5, 0.6) is 5.75 Å².